The molecule has 2 heterocycles. The van der Waals surface area contributed by atoms with Gasteiger partial charge in [-0.3, -0.25) is 4.90 Å². The van der Waals surface area contributed by atoms with Crippen LogP contribution < -0.4 is 5.73 Å². The summed E-state index contributed by atoms with van der Waals surface area (Å²) in [6, 6.07) is 0.654. The number of likely N-dealkylation sites (tertiary alicyclic amines) is 1. The average molecular weight is 282 g/mol. The van der Waals surface area contributed by atoms with Crippen LogP contribution in [-0.2, 0) is 0 Å². The maximum atomic E-state index is 6.22. The minimum absolute atomic E-state index is 0.267. The van der Waals surface area contributed by atoms with Gasteiger partial charge in [-0.1, -0.05) is 13.8 Å². The first-order valence-electron chi connectivity index (χ1n) is 8.34. The number of hydrogen-bond donors (Lipinski definition) is 1. The smallest absolute Gasteiger partial charge is 0.0357 e. The Morgan fingerprint density at radius 1 is 1.15 bits per heavy atom. The third kappa shape index (κ3) is 3.53. The van der Waals surface area contributed by atoms with Gasteiger partial charge in [-0.25, -0.2) is 0 Å². The molecule has 0 aromatic heterocycles. The normalized spacial score (nSPS) is 30.0. The van der Waals surface area contributed by atoms with E-state index in [1.807, 2.05) is 0 Å². The Hall–Kier alpha value is -0.160. The molecule has 2 aliphatic rings. The van der Waals surface area contributed by atoms with E-state index in [1.54, 1.807) is 0 Å². The summed E-state index contributed by atoms with van der Waals surface area (Å²) in [5.74, 6) is 0.768. The van der Waals surface area contributed by atoms with Crippen molar-refractivity contribution < 1.29 is 0 Å². The molecule has 0 saturated carbocycles. The van der Waals surface area contributed by atoms with Crippen LogP contribution in [-0.4, -0.2) is 79.1 Å². The van der Waals surface area contributed by atoms with Crippen molar-refractivity contribution in [3.63, 3.8) is 0 Å². The van der Waals surface area contributed by atoms with Gasteiger partial charge in [-0.15, -0.1) is 0 Å². The largest absolute Gasteiger partial charge is 0.329 e. The van der Waals surface area contributed by atoms with Gasteiger partial charge in [0.25, 0.3) is 0 Å². The molecule has 0 aromatic rings. The van der Waals surface area contributed by atoms with Gasteiger partial charge in [0.2, 0.25) is 0 Å². The number of nitrogens with zero attached hydrogens (tertiary/aromatic N) is 3. The lowest BCUT2D eigenvalue weighted by molar-refractivity contribution is -0.0194. The Labute approximate surface area is 125 Å². The van der Waals surface area contributed by atoms with Crippen LogP contribution >= 0.6 is 0 Å². The van der Waals surface area contributed by atoms with E-state index >= 15 is 0 Å². The van der Waals surface area contributed by atoms with Gasteiger partial charge >= 0.3 is 0 Å². The lowest BCUT2D eigenvalue weighted by Gasteiger charge is -2.52. The molecule has 2 fully saturated rings. The molecule has 4 nitrogen and oxygen atoms in total. The molecule has 0 spiro atoms. The summed E-state index contributed by atoms with van der Waals surface area (Å²) in [7, 11) is 2.24. The quantitative estimate of drug-likeness (QED) is 0.837. The minimum Gasteiger partial charge on any atom is -0.329 e. The molecule has 0 bridgehead atoms. The second kappa shape index (κ2) is 6.73. The number of likely N-dealkylation sites (N-methyl/N-ethyl adjacent to an activating group) is 1. The number of hydrogen-bond acceptors (Lipinski definition) is 4. The molecule has 0 aliphatic carbocycles. The summed E-state index contributed by atoms with van der Waals surface area (Å²) in [5, 5.41) is 0. The topological polar surface area (TPSA) is 35.7 Å². The highest BCUT2D eigenvalue weighted by atomic mass is 15.3. The number of piperidine rings is 1. The van der Waals surface area contributed by atoms with Crippen molar-refractivity contribution in [2.24, 2.45) is 11.7 Å². The van der Waals surface area contributed by atoms with E-state index in [0.29, 0.717) is 6.04 Å². The summed E-state index contributed by atoms with van der Waals surface area (Å²) in [6.45, 7) is 15.0. The van der Waals surface area contributed by atoms with Gasteiger partial charge in [0, 0.05) is 44.3 Å². The Bertz CT molecular complexity index is 297. The molecule has 0 radical (unpaired) electrons. The fourth-order valence-corrected chi connectivity index (χ4v) is 3.80. The summed E-state index contributed by atoms with van der Waals surface area (Å²) in [6.07, 6.45) is 2.49. The summed E-state index contributed by atoms with van der Waals surface area (Å²) in [4.78, 5) is 7.79. The molecule has 0 aromatic carbocycles. The van der Waals surface area contributed by atoms with Crippen LogP contribution in [0.2, 0.25) is 0 Å². The first kappa shape index (κ1) is 16.2. The molecule has 20 heavy (non-hydrogen) atoms. The molecule has 1 unspecified atom stereocenters. The monoisotopic (exact) mass is 282 g/mol. The predicted molar refractivity (Wildman–Crippen MR) is 86.0 cm³/mol. The van der Waals surface area contributed by atoms with Gasteiger partial charge < -0.3 is 15.5 Å². The van der Waals surface area contributed by atoms with Crippen molar-refractivity contribution in [2.45, 2.75) is 45.2 Å². The SMILES string of the molecule is CC(C)CN1CCC(CN)(N2CCN(C)C(C)C2)CC1. The van der Waals surface area contributed by atoms with Crippen LogP contribution in [0.15, 0.2) is 0 Å². The minimum atomic E-state index is 0.267. The zero-order valence-corrected chi connectivity index (χ0v) is 13.9. The van der Waals surface area contributed by atoms with Crippen molar-refractivity contribution in [2.75, 3.05) is 52.9 Å². The molecule has 1 atom stereocenters. The Morgan fingerprint density at radius 3 is 2.30 bits per heavy atom. The second-order valence-electron chi connectivity index (χ2n) is 7.40. The van der Waals surface area contributed by atoms with Gasteiger partial charge in [-0.05, 0) is 45.8 Å². The van der Waals surface area contributed by atoms with E-state index < -0.39 is 0 Å². The molecule has 2 rings (SSSR count). The third-order valence-corrected chi connectivity index (χ3v) is 5.42. The summed E-state index contributed by atoms with van der Waals surface area (Å²) >= 11 is 0. The van der Waals surface area contributed by atoms with Crippen LogP contribution in [0.3, 0.4) is 0 Å². The first-order chi connectivity index (χ1) is 9.47. The Morgan fingerprint density at radius 2 is 1.80 bits per heavy atom. The lowest BCUT2D eigenvalue weighted by atomic mass is 9.84. The lowest BCUT2D eigenvalue weighted by Crippen LogP contribution is -2.65. The van der Waals surface area contributed by atoms with Crippen molar-refractivity contribution in [3.05, 3.63) is 0 Å². The highest BCUT2D eigenvalue weighted by molar-refractivity contribution is 4.99. The maximum Gasteiger partial charge on any atom is 0.0357 e. The van der Waals surface area contributed by atoms with Gasteiger partial charge in [-0.2, -0.15) is 0 Å². The van der Waals surface area contributed by atoms with Crippen molar-refractivity contribution in [1.82, 2.24) is 14.7 Å². The summed E-state index contributed by atoms with van der Waals surface area (Å²) < 4.78 is 0. The van der Waals surface area contributed by atoms with E-state index in [1.165, 1.54) is 52.1 Å². The third-order valence-electron chi connectivity index (χ3n) is 5.42. The van der Waals surface area contributed by atoms with Gasteiger partial charge in [0.1, 0.15) is 0 Å². The fraction of sp³-hybridized carbons (Fsp3) is 1.00. The van der Waals surface area contributed by atoms with Crippen LogP contribution in [0.25, 0.3) is 0 Å². The predicted octanol–water partition coefficient (Wildman–Crippen LogP) is 1.07. The molecular formula is C16H34N4. The maximum absolute atomic E-state index is 6.22. The molecular weight excluding hydrogens is 248 g/mol. The van der Waals surface area contributed by atoms with Crippen LogP contribution in [0.5, 0.6) is 0 Å². The van der Waals surface area contributed by atoms with Crippen molar-refractivity contribution in [1.29, 1.82) is 0 Å². The number of rotatable bonds is 4. The second-order valence-corrected chi connectivity index (χ2v) is 7.40. The van der Waals surface area contributed by atoms with Gasteiger partial charge in [0.05, 0.1) is 0 Å². The highest BCUT2D eigenvalue weighted by Crippen LogP contribution is 2.30. The fourth-order valence-electron chi connectivity index (χ4n) is 3.80. The molecule has 0 amide bonds. The number of nitrogens with two attached hydrogens (primary N) is 1. The van der Waals surface area contributed by atoms with E-state index in [-0.39, 0.29) is 5.54 Å². The van der Waals surface area contributed by atoms with E-state index in [9.17, 15) is 0 Å². The molecule has 2 aliphatic heterocycles. The highest BCUT2D eigenvalue weighted by Gasteiger charge is 2.40. The molecule has 4 heteroatoms. The van der Waals surface area contributed by atoms with Gasteiger partial charge in [0.15, 0.2) is 0 Å². The molecule has 2 N–H and O–H groups in total. The van der Waals surface area contributed by atoms with Crippen LogP contribution in [0.1, 0.15) is 33.6 Å². The zero-order valence-electron chi connectivity index (χ0n) is 13.9. The van der Waals surface area contributed by atoms with E-state index in [2.05, 4.69) is 42.5 Å². The van der Waals surface area contributed by atoms with E-state index in [0.717, 1.165) is 12.5 Å². The standard InChI is InChI=1S/C16H34N4/c1-14(2)11-19-7-5-16(13-17,6-8-19)20-10-9-18(4)15(3)12-20/h14-15H,5-13,17H2,1-4H3. The zero-order chi connectivity index (χ0) is 14.8. The average Bonchev–Trinajstić information content (AvgIpc) is 2.42. The van der Waals surface area contributed by atoms with E-state index in [4.69, 9.17) is 5.73 Å². The number of piperazine rings is 1. The Balaban J connectivity index is 1.94. The van der Waals surface area contributed by atoms with Crippen LogP contribution in [0, 0.1) is 5.92 Å². The molecule has 118 valence electrons. The Kier molecular flexibility index (Phi) is 5.46. The van der Waals surface area contributed by atoms with Crippen LogP contribution in [0.4, 0.5) is 0 Å². The first-order valence-corrected chi connectivity index (χ1v) is 8.34. The molecule has 2 saturated heterocycles. The van der Waals surface area contributed by atoms with Crippen molar-refractivity contribution >= 4 is 0 Å². The summed E-state index contributed by atoms with van der Waals surface area (Å²) in [5.41, 5.74) is 6.49. The van der Waals surface area contributed by atoms with Crippen molar-refractivity contribution in [3.8, 4) is 0 Å².